The van der Waals surface area contributed by atoms with Gasteiger partial charge in [-0.3, -0.25) is 0 Å². The summed E-state index contributed by atoms with van der Waals surface area (Å²) in [6.07, 6.45) is 9.57. The van der Waals surface area contributed by atoms with Gasteiger partial charge in [-0.25, -0.2) is 0 Å². The van der Waals surface area contributed by atoms with E-state index < -0.39 is 0 Å². The number of thioether (sulfide) groups is 2. The Bertz CT molecular complexity index is 1020. The molecule has 0 atom stereocenters. The lowest BCUT2D eigenvalue weighted by Gasteiger charge is -2.28. The predicted octanol–water partition coefficient (Wildman–Crippen LogP) is 10.8. The van der Waals surface area contributed by atoms with Crippen LogP contribution in [0.1, 0.15) is 146 Å². The van der Waals surface area contributed by atoms with Crippen LogP contribution in [0, 0.1) is 0 Å². The monoisotopic (exact) mass is 588 g/mol. The maximum absolute atomic E-state index is 11.2. The highest BCUT2D eigenvalue weighted by molar-refractivity contribution is 8.01. The molecule has 1 aromatic heterocycles. The smallest absolute Gasteiger partial charge is 0.232 e. The number of unbranched alkanes of at least 4 members (excludes halogenated alkanes) is 4. The van der Waals surface area contributed by atoms with Crippen molar-refractivity contribution in [1.29, 1.82) is 0 Å². The molecule has 5 nitrogen and oxygen atoms in total. The number of anilines is 2. The van der Waals surface area contributed by atoms with Crippen molar-refractivity contribution in [3.8, 4) is 5.75 Å². The Labute approximate surface area is 253 Å². The fourth-order valence-corrected chi connectivity index (χ4v) is 6.73. The van der Waals surface area contributed by atoms with Crippen LogP contribution < -0.4 is 5.32 Å². The van der Waals surface area contributed by atoms with E-state index in [0.717, 1.165) is 40.0 Å². The second-order valence-electron chi connectivity index (χ2n) is 14.4. The van der Waals surface area contributed by atoms with Gasteiger partial charge in [0, 0.05) is 26.3 Å². The zero-order valence-electron chi connectivity index (χ0n) is 27.4. The molecule has 2 N–H and O–H groups in total. The molecule has 1 aromatic carbocycles. The molecule has 2 rings (SSSR count). The summed E-state index contributed by atoms with van der Waals surface area (Å²) in [6.45, 7) is 26.4. The van der Waals surface area contributed by atoms with Crippen LogP contribution in [0.5, 0.6) is 5.75 Å². The third kappa shape index (κ3) is 11.1. The quantitative estimate of drug-likeness (QED) is 0.129. The van der Waals surface area contributed by atoms with Gasteiger partial charge in [0.25, 0.3) is 0 Å². The lowest BCUT2D eigenvalue weighted by atomic mass is 9.79. The first kappa shape index (κ1) is 34.7. The Kier molecular flexibility index (Phi) is 12.3. The molecule has 0 radical (unpaired) electrons. The highest BCUT2D eigenvalue weighted by Gasteiger charge is 2.28. The molecule has 0 unspecified atom stereocenters. The molecule has 0 aliphatic heterocycles. The Hall–Kier alpha value is -1.47. The van der Waals surface area contributed by atoms with E-state index in [2.05, 4.69) is 88.4 Å². The third-order valence-electron chi connectivity index (χ3n) is 7.08. The SMILES string of the molecule is CCCCCC(C)(C)Sc1nc(Nc2cc(C(C)(C)C)c(O)c(C(C)(C)C)c2)nc(SC(C)(C)CCCCC)n1. The number of aromatic hydroxyl groups is 1. The fourth-order valence-electron chi connectivity index (χ4n) is 4.66. The molecule has 226 valence electrons. The normalized spacial score (nSPS) is 13.1. The summed E-state index contributed by atoms with van der Waals surface area (Å²) < 4.78 is 0.0629. The molecule has 1 heterocycles. The summed E-state index contributed by atoms with van der Waals surface area (Å²) in [4.78, 5) is 14.8. The number of hydrogen-bond acceptors (Lipinski definition) is 7. The van der Waals surface area contributed by atoms with Crippen LogP contribution in [0.2, 0.25) is 0 Å². The maximum atomic E-state index is 11.2. The number of nitrogens with zero attached hydrogens (tertiary/aromatic N) is 3. The Morgan fingerprint density at radius 1 is 0.650 bits per heavy atom. The number of phenolic OH excluding ortho intramolecular Hbond substituents is 1. The van der Waals surface area contributed by atoms with Gasteiger partial charge < -0.3 is 10.4 Å². The van der Waals surface area contributed by atoms with Gasteiger partial charge in [0.2, 0.25) is 5.95 Å². The minimum atomic E-state index is -0.214. The zero-order chi connectivity index (χ0) is 30.4. The van der Waals surface area contributed by atoms with Crippen LogP contribution in [0.25, 0.3) is 0 Å². The average molecular weight is 589 g/mol. The first-order valence-electron chi connectivity index (χ1n) is 15.2. The number of hydrogen-bond donors (Lipinski definition) is 2. The lowest BCUT2D eigenvalue weighted by Crippen LogP contribution is -2.19. The van der Waals surface area contributed by atoms with Crippen LogP contribution in [-0.2, 0) is 10.8 Å². The van der Waals surface area contributed by atoms with Crippen molar-refractivity contribution in [2.45, 2.75) is 165 Å². The van der Waals surface area contributed by atoms with Crippen LogP contribution in [0.3, 0.4) is 0 Å². The van der Waals surface area contributed by atoms with E-state index >= 15 is 0 Å². The van der Waals surface area contributed by atoms with Crippen molar-refractivity contribution < 1.29 is 5.11 Å². The minimum absolute atomic E-state index is 0.0315. The maximum Gasteiger partial charge on any atom is 0.232 e. The average Bonchev–Trinajstić information content (AvgIpc) is 2.78. The van der Waals surface area contributed by atoms with Crippen molar-refractivity contribution in [3.63, 3.8) is 0 Å². The zero-order valence-corrected chi connectivity index (χ0v) is 29.0. The summed E-state index contributed by atoms with van der Waals surface area (Å²) >= 11 is 3.49. The van der Waals surface area contributed by atoms with E-state index in [1.807, 2.05) is 12.1 Å². The lowest BCUT2D eigenvalue weighted by molar-refractivity contribution is 0.423. The molecule has 0 fully saturated rings. The highest BCUT2D eigenvalue weighted by atomic mass is 32.2. The van der Waals surface area contributed by atoms with Crippen LogP contribution in [-0.4, -0.2) is 29.6 Å². The molecular formula is C33H56N4OS2. The summed E-state index contributed by atoms with van der Waals surface area (Å²) in [5.41, 5.74) is 2.28. The van der Waals surface area contributed by atoms with Crippen LogP contribution >= 0.6 is 23.5 Å². The van der Waals surface area contributed by atoms with Crippen molar-refractivity contribution in [2.24, 2.45) is 0 Å². The third-order valence-corrected chi connectivity index (χ3v) is 9.32. The van der Waals surface area contributed by atoms with E-state index in [-0.39, 0.29) is 20.3 Å². The number of phenols is 1. The van der Waals surface area contributed by atoms with Gasteiger partial charge in [-0.2, -0.15) is 15.0 Å². The molecule has 2 aromatic rings. The largest absolute Gasteiger partial charge is 0.507 e. The second-order valence-corrected chi connectivity index (χ2v) is 17.8. The van der Waals surface area contributed by atoms with Gasteiger partial charge in [0.1, 0.15) is 5.75 Å². The van der Waals surface area contributed by atoms with E-state index in [1.165, 1.54) is 38.5 Å². The molecule has 40 heavy (non-hydrogen) atoms. The van der Waals surface area contributed by atoms with Crippen molar-refractivity contribution in [2.75, 3.05) is 5.32 Å². The van der Waals surface area contributed by atoms with Crippen molar-refractivity contribution in [1.82, 2.24) is 15.0 Å². The van der Waals surface area contributed by atoms with Gasteiger partial charge >= 0.3 is 0 Å². The number of benzene rings is 1. The van der Waals surface area contributed by atoms with E-state index in [4.69, 9.17) is 15.0 Å². The highest BCUT2D eigenvalue weighted by Crippen LogP contribution is 2.42. The second kappa shape index (κ2) is 14.1. The number of aromatic nitrogens is 3. The van der Waals surface area contributed by atoms with Crippen LogP contribution in [0.4, 0.5) is 11.6 Å². The molecule has 0 aliphatic rings. The molecule has 0 bridgehead atoms. The Balaban J connectivity index is 2.52. The number of nitrogens with one attached hydrogen (secondary N) is 1. The van der Waals surface area contributed by atoms with Gasteiger partial charge in [-0.05, 0) is 35.8 Å². The standard InChI is InChI=1S/C33H56N4OS2/c1-13-15-17-19-32(9,10)39-28-35-27(36-29(37-28)40-33(11,12)20-18-16-14-2)34-23-21-24(30(3,4)5)26(38)25(22-23)31(6,7)8/h21-22,38H,13-20H2,1-12H3,(H,34,35,36,37). The molecule has 0 aliphatic carbocycles. The fraction of sp³-hybridized carbons (Fsp3) is 0.727. The molecule has 0 spiro atoms. The predicted molar refractivity (Wildman–Crippen MR) is 177 cm³/mol. The van der Waals surface area contributed by atoms with Gasteiger partial charge in [-0.15, -0.1) is 0 Å². The molecule has 0 saturated carbocycles. The van der Waals surface area contributed by atoms with Gasteiger partial charge in [0.05, 0.1) is 0 Å². The molecule has 7 heteroatoms. The minimum Gasteiger partial charge on any atom is -0.507 e. The molecule has 0 amide bonds. The van der Waals surface area contributed by atoms with E-state index in [9.17, 15) is 5.11 Å². The Morgan fingerprint density at radius 2 is 1.05 bits per heavy atom. The van der Waals surface area contributed by atoms with Crippen LogP contribution in [0.15, 0.2) is 22.4 Å². The van der Waals surface area contributed by atoms with E-state index in [1.54, 1.807) is 23.5 Å². The Morgan fingerprint density at radius 3 is 1.40 bits per heavy atom. The summed E-state index contributed by atoms with van der Waals surface area (Å²) in [5.74, 6) is 0.926. The van der Waals surface area contributed by atoms with E-state index in [0.29, 0.717) is 11.7 Å². The van der Waals surface area contributed by atoms with Crippen molar-refractivity contribution >= 4 is 35.2 Å². The summed E-state index contributed by atoms with van der Waals surface area (Å²) in [6, 6.07) is 4.08. The first-order chi connectivity index (χ1) is 18.4. The van der Waals surface area contributed by atoms with Crippen molar-refractivity contribution in [3.05, 3.63) is 23.3 Å². The van der Waals surface area contributed by atoms with Gasteiger partial charge in [0.15, 0.2) is 10.3 Å². The molecular weight excluding hydrogens is 533 g/mol. The van der Waals surface area contributed by atoms with Gasteiger partial charge in [-0.1, -0.05) is 145 Å². The summed E-state index contributed by atoms with van der Waals surface area (Å²) in [5, 5.41) is 16.2. The number of rotatable bonds is 14. The first-order valence-corrected chi connectivity index (χ1v) is 16.8. The molecule has 0 saturated heterocycles. The summed E-state index contributed by atoms with van der Waals surface area (Å²) in [7, 11) is 0. The topological polar surface area (TPSA) is 70.9 Å².